The van der Waals surface area contributed by atoms with Crippen molar-refractivity contribution in [3.8, 4) is 5.75 Å². The minimum absolute atomic E-state index is 0.0650. The smallest absolute Gasteiger partial charge is 0.356 e. The number of β-lactam (4-membered cyclic amide) rings is 1. The summed E-state index contributed by atoms with van der Waals surface area (Å²) in [6.45, 7) is 1.65. The average Bonchev–Trinajstić information content (AvgIpc) is 3.15. The van der Waals surface area contributed by atoms with E-state index < -0.39 is 12.0 Å². The molecule has 2 aliphatic heterocycles. The lowest BCUT2D eigenvalue weighted by molar-refractivity contribution is -0.151. The van der Waals surface area contributed by atoms with Gasteiger partial charge in [0, 0.05) is 11.5 Å². The van der Waals surface area contributed by atoms with Gasteiger partial charge in [-0.25, -0.2) is 4.79 Å². The van der Waals surface area contributed by atoms with Gasteiger partial charge in [-0.2, -0.15) is 0 Å². The first kappa shape index (κ1) is 21.5. The van der Waals surface area contributed by atoms with Crippen LogP contribution in [0, 0.1) is 0 Å². The van der Waals surface area contributed by atoms with Gasteiger partial charge >= 0.3 is 5.97 Å². The Morgan fingerprint density at radius 3 is 2.48 bits per heavy atom. The normalized spacial score (nSPS) is 20.4. The summed E-state index contributed by atoms with van der Waals surface area (Å²) in [6, 6.07) is 16.7. The molecule has 0 aliphatic carbocycles. The Morgan fingerprint density at radius 2 is 1.84 bits per heavy atom. The summed E-state index contributed by atoms with van der Waals surface area (Å²) in [5, 5.41) is 0.808. The first-order chi connectivity index (χ1) is 15.0. The van der Waals surface area contributed by atoms with Gasteiger partial charge in [-0.3, -0.25) is 14.7 Å². The number of thioether (sulfide) groups is 1. The summed E-state index contributed by atoms with van der Waals surface area (Å²) in [7, 11) is 1.59. The maximum absolute atomic E-state index is 12.8. The van der Waals surface area contributed by atoms with Crippen molar-refractivity contribution < 1.29 is 19.1 Å². The van der Waals surface area contributed by atoms with Gasteiger partial charge in [-0.05, 0) is 30.2 Å². The minimum atomic E-state index is -0.632. The van der Waals surface area contributed by atoms with E-state index in [0.717, 1.165) is 16.2 Å². The van der Waals surface area contributed by atoms with E-state index in [1.54, 1.807) is 26.2 Å². The number of ether oxygens (including phenoxy) is 2. The zero-order valence-electron chi connectivity index (χ0n) is 17.1. The second-order valence-corrected chi connectivity index (χ2v) is 8.91. The molecule has 0 saturated carbocycles. The van der Waals surface area contributed by atoms with Gasteiger partial charge in [0.05, 0.1) is 12.2 Å². The SMILES string of the molecule is COc1ccc(COC(=O)C(=C(C)Cl)N2C(=O)C3N=C(Cc4ccccc4)SC32)cc1. The molecule has 2 heterocycles. The predicted octanol–water partition coefficient (Wildman–Crippen LogP) is 4.13. The maximum Gasteiger partial charge on any atom is 0.356 e. The molecule has 1 fully saturated rings. The number of likely N-dealkylation sites (tertiary alicyclic amines) is 1. The maximum atomic E-state index is 12.8. The molecule has 0 N–H and O–H groups in total. The molecule has 8 heteroatoms. The summed E-state index contributed by atoms with van der Waals surface area (Å²) in [4.78, 5) is 31.5. The Kier molecular flexibility index (Phi) is 6.34. The highest BCUT2D eigenvalue weighted by Crippen LogP contribution is 2.43. The lowest BCUT2D eigenvalue weighted by atomic mass is 10.1. The number of allylic oxidation sites excluding steroid dienone is 1. The standard InChI is InChI=1S/C23H21ClN2O4S/c1-14(24)20(23(28)30-13-16-8-10-17(29-2)11-9-16)26-21(27)19-22(26)31-18(25-19)12-15-6-4-3-5-7-15/h3-11,19,22H,12-13H2,1-2H3. The molecule has 2 unspecified atom stereocenters. The Hall–Kier alpha value is -2.77. The number of halogens is 1. The number of methoxy groups -OCH3 is 1. The number of hydrogen-bond donors (Lipinski definition) is 0. The van der Waals surface area contributed by atoms with Crippen LogP contribution in [0.25, 0.3) is 0 Å². The lowest BCUT2D eigenvalue weighted by Crippen LogP contribution is -2.61. The van der Waals surface area contributed by atoms with Gasteiger partial charge in [0.1, 0.15) is 23.4 Å². The molecule has 1 saturated heterocycles. The van der Waals surface area contributed by atoms with Crippen LogP contribution >= 0.6 is 23.4 Å². The fraction of sp³-hybridized carbons (Fsp3) is 0.261. The Labute approximate surface area is 189 Å². The van der Waals surface area contributed by atoms with Crippen LogP contribution in [0.1, 0.15) is 18.1 Å². The zero-order chi connectivity index (χ0) is 22.0. The highest BCUT2D eigenvalue weighted by molar-refractivity contribution is 8.14. The Bertz CT molecular complexity index is 1050. The number of hydrogen-bond acceptors (Lipinski definition) is 6. The monoisotopic (exact) mass is 456 g/mol. The summed E-state index contributed by atoms with van der Waals surface area (Å²) < 4.78 is 10.6. The molecule has 4 rings (SSSR count). The number of carbonyl (C=O) groups excluding carboxylic acids is 2. The van der Waals surface area contributed by atoms with Crippen molar-refractivity contribution in [1.29, 1.82) is 0 Å². The van der Waals surface area contributed by atoms with Crippen LogP contribution in [-0.4, -0.2) is 40.3 Å². The number of fused-ring (bicyclic) bond motifs is 1. The van der Waals surface area contributed by atoms with Gasteiger partial charge in [0.15, 0.2) is 6.04 Å². The average molecular weight is 457 g/mol. The molecule has 0 spiro atoms. The van der Waals surface area contributed by atoms with Crippen LogP contribution in [0.3, 0.4) is 0 Å². The third-order valence-corrected chi connectivity index (χ3v) is 6.45. The van der Waals surface area contributed by atoms with E-state index in [1.807, 2.05) is 42.5 Å². The third-order valence-electron chi connectivity index (χ3n) is 5.04. The fourth-order valence-corrected chi connectivity index (χ4v) is 4.94. The summed E-state index contributed by atoms with van der Waals surface area (Å²) >= 11 is 7.70. The van der Waals surface area contributed by atoms with Crippen LogP contribution in [0.4, 0.5) is 0 Å². The van der Waals surface area contributed by atoms with Crippen molar-refractivity contribution in [1.82, 2.24) is 4.90 Å². The minimum Gasteiger partial charge on any atom is -0.497 e. The third kappa shape index (κ3) is 4.48. The molecule has 0 bridgehead atoms. The van der Waals surface area contributed by atoms with Gasteiger partial charge in [-0.15, -0.1) is 0 Å². The summed E-state index contributed by atoms with van der Waals surface area (Å²) in [5.74, 6) is -0.154. The van der Waals surface area contributed by atoms with E-state index in [2.05, 4.69) is 4.99 Å². The molecule has 31 heavy (non-hydrogen) atoms. The number of carbonyl (C=O) groups is 2. The van der Waals surface area contributed by atoms with Crippen LogP contribution in [0.5, 0.6) is 5.75 Å². The molecule has 0 radical (unpaired) electrons. The zero-order valence-corrected chi connectivity index (χ0v) is 18.7. The fourth-order valence-electron chi connectivity index (χ4n) is 3.45. The molecule has 2 atom stereocenters. The van der Waals surface area contributed by atoms with Crippen LogP contribution in [0.2, 0.25) is 0 Å². The Balaban J connectivity index is 1.41. The number of amides is 1. The summed E-state index contributed by atoms with van der Waals surface area (Å²) in [6.07, 6.45) is 0.653. The lowest BCUT2D eigenvalue weighted by Gasteiger charge is -2.41. The molecule has 2 aromatic rings. The quantitative estimate of drug-likeness (QED) is 0.356. The van der Waals surface area contributed by atoms with Crippen molar-refractivity contribution in [3.05, 3.63) is 76.5 Å². The molecular formula is C23H21ClN2O4S. The van der Waals surface area contributed by atoms with Gasteiger partial charge in [0.25, 0.3) is 5.91 Å². The van der Waals surface area contributed by atoms with E-state index >= 15 is 0 Å². The highest BCUT2D eigenvalue weighted by Gasteiger charge is 2.55. The molecular weight excluding hydrogens is 436 g/mol. The van der Waals surface area contributed by atoms with Crippen LogP contribution < -0.4 is 4.74 Å². The molecule has 1 amide bonds. The van der Waals surface area contributed by atoms with E-state index in [1.165, 1.54) is 16.7 Å². The van der Waals surface area contributed by atoms with Crippen molar-refractivity contribution in [2.45, 2.75) is 31.4 Å². The number of benzene rings is 2. The largest absolute Gasteiger partial charge is 0.497 e. The second kappa shape index (κ2) is 9.16. The molecule has 2 aromatic carbocycles. The van der Waals surface area contributed by atoms with Crippen molar-refractivity contribution in [3.63, 3.8) is 0 Å². The number of aliphatic imine (C=N–C) groups is 1. The van der Waals surface area contributed by atoms with Gasteiger partial charge < -0.3 is 9.47 Å². The van der Waals surface area contributed by atoms with E-state index in [-0.39, 0.29) is 28.6 Å². The van der Waals surface area contributed by atoms with Gasteiger partial charge in [0.2, 0.25) is 0 Å². The molecule has 6 nitrogen and oxygen atoms in total. The van der Waals surface area contributed by atoms with Crippen molar-refractivity contribution in [2.75, 3.05) is 7.11 Å². The Morgan fingerprint density at radius 1 is 1.13 bits per heavy atom. The van der Waals surface area contributed by atoms with Crippen molar-refractivity contribution in [2.24, 2.45) is 4.99 Å². The van der Waals surface area contributed by atoms with E-state index in [9.17, 15) is 9.59 Å². The predicted molar refractivity (Wildman–Crippen MR) is 121 cm³/mol. The molecule has 0 aromatic heterocycles. The topological polar surface area (TPSA) is 68.2 Å². The van der Waals surface area contributed by atoms with E-state index in [0.29, 0.717) is 12.2 Å². The first-order valence-corrected chi connectivity index (χ1v) is 11.0. The number of rotatable bonds is 7. The van der Waals surface area contributed by atoms with E-state index in [4.69, 9.17) is 21.1 Å². The number of nitrogens with zero attached hydrogens (tertiary/aromatic N) is 2. The van der Waals surface area contributed by atoms with Gasteiger partial charge in [-0.1, -0.05) is 65.8 Å². The summed E-state index contributed by atoms with van der Waals surface area (Å²) in [5.41, 5.74) is 2.00. The first-order valence-electron chi connectivity index (χ1n) is 9.74. The van der Waals surface area contributed by atoms with Crippen LogP contribution in [0.15, 0.2) is 70.3 Å². The highest BCUT2D eigenvalue weighted by atomic mass is 35.5. The van der Waals surface area contributed by atoms with Crippen molar-refractivity contribution >= 4 is 40.3 Å². The number of esters is 1. The molecule has 2 aliphatic rings. The second-order valence-electron chi connectivity index (χ2n) is 7.15. The van der Waals surface area contributed by atoms with Crippen LogP contribution in [-0.2, 0) is 27.4 Å². The molecule has 160 valence electrons.